The summed E-state index contributed by atoms with van der Waals surface area (Å²) in [6.45, 7) is 0. The summed E-state index contributed by atoms with van der Waals surface area (Å²) in [5, 5.41) is 31.8. The molecule has 0 radical (unpaired) electrons. The first-order chi connectivity index (χ1) is 11.9. The van der Waals surface area contributed by atoms with Gasteiger partial charge in [-0.1, -0.05) is 0 Å². The number of hydrogen-bond acceptors (Lipinski definition) is 4. The molecule has 0 bridgehead atoms. The first kappa shape index (κ1) is 18.6. The zero-order chi connectivity index (χ0) is 20.1. The lowest BCUT2D eigenvalue weighted by atomic mass is 9.93. The van der Waals surface area contributed by atoms with Crippen LogP contribution in [0.25, 0.3) is 10.8 Å². The lowest BCUT2D eigenvalue weighted by Crippen LogP contribution is -2.19. The van der Waals surface area contributed by atoms with Gasteiger partial charge in [-0.25, -0.2) is 36.7 Å². The molecule has 4 N–H and O–H groups in total. The van der Waals surface area contributed by atoms with Crippen LogP contribution in [0.1, 0.15) is 41.4 Å². The Morgan fingerprint density at radius 2 is 0.615 bits per heavy atom. The molecule has 12 heteroatoms. The molecule has 2 aromatic rings. The second kappa shape index (κ2) is 5.98. The smallest absolute Gasteiger partial charge is 0.339 e. The van der Waals surface area contributed by atoms with Crippen molar-refractivity contribution < 1.29 is 57.2 Å². The van der Waals surface area contributed by atoms with Crippen LogP contribution in [0.3, 0.4) is 0 Å². The van der Waals surface area contributed by atoms with E-state index in [4.69, 9.17) is 20.4 Å². The highest BCUT2D eigenvalue weighted by Gasteiger charge is 2.37. The number of benzene rings is 2. The molecule has 26 heavy (non-hydrogen) atoms. The lowest BCUT2D eigenvalue weighted by molar-refractivity contribution is 0.0640. The van der Waals surface area contributed by atoms with Crippen LogP contribution in [0, 0.1) is 23.3 Å². The number of hydrogen-bond donors (Lipinski definition) is 4. The molecule has 136 valence electrons. The number of halogens is 4. The van der Waals surface area contributed by atoms with Gasteiger partial charge >= 0.3 is 23.9 Å². The quantitative estimate of drug-likeness (QED) is 0.593. The Kier molecular flexibility index (Phi) is 4.29. The molecule has 8 nitrogen and oxygen atoms in total. The van der Waals surface area contributed by atoms with Gasteiger partial charge in [-0.15, -0.1) is 0 Å². The molecular weight excluding hydrogens is 372 g/mol. The number of carboxylic acids is 4. The van der Waals surface area contributed by atoms with Crippen LogP contribution in [-0.2, 0) is 0 Å². The van der Waals surface area contributed by atoms with E-state index in [9.17, 15) is 36.7 Å². The van der Waals surface area contributed by atoms with Crippen molar-refractivity contribution in [2.45, 2.75) is 0 Å². The van der Waals surface area contributed by atoms with E-state index in [1.807, 2.05) is 0 Å². The maximum Gasteiger partial charge on any atom is 0.339 e. The van der Waals surface area contributed by atoms with Gasteiger partial charge in [0.2, 0.25) is 0 Å². The summed E-state index contributed by atoms with van der Waals surface area (Å²) in [5.74, 6) is -18.5. The minimum absolute atomic E-state index is 1.84. The average molecular weight is 376 g/mol. The SMILES string of the molecule is O=C(O)c1c(C(=O)O)c(F)c2c(F)c(C(=O)O)c(C(=O)O)c(F)c2c1F. The molecule has 0 heterocycles. The summed E-state index contributed by atoms with van der Waals surface area (Å²) >= 11 is 0. The Morgan fingerprint density at radius 1 is 0.462 bits per heavy atom. The molecule has 0 spiro atoms. The monoisotopic (exact) mass is 376 g/mol. The Labute approximate surface area is 138 Å². The van der Waals surface area contributed by atoms with Crippen molar-refractivity contribution in [1.29, 1.82) is 0 Å². The van der Waals surface area contributed by atoms with Gasteiger partial charge in [0.1, 0.15) is 45.5 Å². The highest BCUT2D eigenvalue weighted by Crippen LogP contribution is 2.36. The van der Waals surface area contributed by atoms with Gasteiger partial charge in [0.15, 0.2) is 0 Å². The molecule has 0 atom stereocenters. The van der Waals surface area contributed by atoms with Gasteiger partial charge in [0.05, 0.1) is 10.8 Å². The number of aromatic carboxylic acids is 4. The largest absolute Gasteiger partial charge is 0.478 e. The van der Waals surface area contributed by atoms with Crippen molar-refractivity contribution in [3.05, 3.63) is 45.5 Å². The van der Waals surface area contributed by atoms with Crippen LogP contribution in [-0.4, -0.2) is 44.3 Å². The molecular formula is C14H4F4O8. The topological polar surface area (TPSA) is 149 Å². The first-order valence-electron chi connectivity index (χ1n) is 6.22. The zero-order valence-corrected chi connectivity index (χ0v) is 11.9. The predicted molar refractivity (Wildman–Crippen MR) is 71.6 cm³/mol. The Bertz CT molecular complexity index is 883. The molecule has 0 saturated heterocycles. The van der Waals surface area contributed by atoms with Gasteiger partial charge in [0, 0.05) is 0 Å². The molecule has 0 aliphatic rings. The zero-order valence-electron chi connectivity index (χ0n) is 11.9. The van der Waals surface area contributed by atoms with Gasteiger partial charge in [-0.05, 0) is 0 Å². The van der Waals surface area contributed by atoms with Crippen LogP contribution >= 0.6 is 0 Å². The fourth-order valence-corrected chi connectivity index (χ4v) is 2.37. The Hall–Kier alpha value is -3.70. The third kappa shape index (κ3) is 2.39. The van der Waals surface area contributed by atoms with Gasteiger partial charge in [0.25, 0.3) is 0 Å². The fraction of sp³-hybridized carbons (Fsp3) is 0. The first-order valence-corrected chi connectivity index (χ1v) is 6.22. The molecule has 0 amide bonds. The van der Waals surface area contributed by atoms with E-state index in [2.05, 4.69) is 0 Å². The molecule has 2 rings (SSSR count). The van der Waals surface area contributed by atoms with Crippen LogP contribution in [0.5, 0.6) is 0 Å². The number of carboxylic acid groups (broad SMARTS) is 4. The molecule has 0 aromatic heterocycles. The van der Waals surface area contributed by atoms with Crippen LogP contribution in [0.4, 0.5) is 17.6 Å². The van der Waals surface area contributed by atoms with E-state index in [0.29, 0.717) is 0 Å². The summed E-state index contributed by atoms with van der Waals surface area (Å²) in [6, 6.07) is 0. The van der Waals surface area contributed by atoms with Crippen molar-refractivity contribution in [3.8, 4) is 0 Å². The highest BCUT2D eigenvalue weighted by atomic mass is 19.1. The van der Waals surface area contributed by atoms with E-state index in [0.717, 1.165) is 0 Å². The summed E-state index contributed by atoms with van der Waals surface area (Å²) in [6.07, 6.45) is 0. The summed E-state index contributed by atoms with van der Waals surface area (Å²) < 4.78 is 57.5. The van der Waals surface area contributed by atoms with Crippen molar-refractivity contribution in [3.63, 3.8) is 0 Å². The molecule has 0 saturated carbocycles. The number of rotatable bonds is 4. The fourth-order valence-electron chi connectivity index (χ4n) is 2.37. The van der Waals surface area contributed by atoms with Gasteiger partial charge in [-0.3, -0.25) is 0 Å². The number of carbonyl (C=O) groups is 4. The summed E-state index contributed by atoms with van der Waals surface area (Å²) in [4.78, 5) is 44.1. The molecule has 0 unspecified atom stereocenters. The maximum absolute atomic E-state index is 14.4. The van der Waals surface area contributed by atoms with E-state index in [1.165, 1.54) is 0 Å². The van der Waals surface area contributed by atoms with Crippen molar-refractivity contribution >= 4 is 34.6 Å². The molecule has 0 aliphatic heterocycles. The maximum atomic E-state index is 14.4. The minimum atomic E-state index is -2.36. The van der Waals surface area contributed by atoms with E-state index < -0.39 is 80.2 Å². The minimum Gasteiger partial charge on any atom is -0.478 e. The van der Waals surface area contributed by atoms with E-state index >= 15 is 0 Å². The van der Waals surface area contributed by atoms with Crippen LogP contribution in [0.2, 0.25) is 0 Å². The summed E-state index contributed by atoms with van der Waals surface area (Å²) in [7, 11) is 0. The van der Waals surface area contributed by atoms with Crippen LogP contribution in [0.15, 0.2) is 0 Å². The standard InChI is InChI=1S/C14H4F4O8/c15-7-1-2(9(17)5(13(23)24)3(7)11(19)20)10(18)6(14(25)26)4(8(1)16)12(21)22/h(H,19,20)(H,21,22)(H,23,24)(H,25,26). The number of fused-ring (bicyclic) bond motifs is 1. The molecule has 2 aromatic carbocycles. The predicted octanol–water partition coefficient (Wildman–Crippen LogP) is 2.19. The average Bonchev–Trinajstić information content (AvgIpc) is 2.50. The Balaban J connectivity index is 3.36. The van der Waals surface area contributed by atoms with Gasteiger partial charge < -0.3 is 20.4 Å². The molecule has 0 fully saturated rings. The second-order valence-electron chi connectivity index (χ2n) is 4.73. The van der Waals surface area contributed by atoms with E-state index in [1.54, 1.807) is 0 Å². The summed E-state index contributed by atoms with van der Waals surface area (Å²) in [5.41, 5.74) is -7.55. The van der Waals surface area contributed by atoms with Crippen molar-refractivity contribution in [1.82, 2.24) is 0 Å². The van der Waals surface area contributed by atoms with Crippen molar-refractivity contribution in [2.24, 2.45) is 0 Å². The van der Waals surface area contributed by atoms with Crippen LogP contribution < -0.4 is 0 Å². The second-order valence-corrected chi connectivity index (χ2v) is 4.73. The highest BCUT2D eigenvalue weighted by molar-refractivity contribution is 6.11. The van der Waals surface area contributed by atoms with Gasteiger partial charge in [-0.2, -0.15) is 0 Å². The third-order valence-electron chi connectivity index (χ3n) is 3.36. The van der Waals surface area contributed by atoms with Crippen molar-refractivity contribution in [2.75, 3.05) is 0 Å². The van der Waals surface area contributed by atoms with E-state index in [-0.39, 0.29) is 0 Å². The third-order valence-corrected chi connectivity index (χ3v) is 3.36. The Morgan fingerprint density at radius 3 is 0.731 bits per heavy atom. The molecule has 0 aliphatic carbocycles. The normalized spacial score (nSPS) is 10.8. The lowest BCUT2D eigenvalue weighted by Gasteiger charge is -2.14.